The molecule has 120 valence electrons. The van der Waals surface area contributed by atoms with Crippen molar-refractivity contribution in [2.24, 2.45) is 5.10 Å². The molecule has 0 atom stereocenters. The normalized spacial score (nSPS) is 10.7. The first kappa shape index (κ1) is 15.8. The Balaban J connectivity index is 1.78. The highest BCUT2D eigenvalue weighted by Gasteiger charge is 2.05. The second-order valence-corrected chi connectivity index (χ2v) is 5.78. The fourth-order valence-electron chi connectivity index (χ4n) is 2.08. The zero-order chi connectivity index (χ0) is 16.8. The van der Waals surface area contributed by atoms with Gasteiger partial charge >= 0.3 is 0 Å². The number of nitrogens with one attached hydrogen (secondary N) is 1. The van der Waals surface area contributed by atoms with Crippen LogP contribution in [0.25, 0.3) is 10.2 Å². The highest BCUT2D eigenvalue weighted by atomic mass is 32.1. The summed E-state index contributed by atoms with van der Waals surface area (Å²) in [6.07, 6.45) is 6.90. The molecule has 2 aromatic carbocycles. The molecule has 1 N–H and O–H groups in total. The minimum absolute atomic E-state index is 0.193. The second kappa shape index (κ2) is 7.49. The topological polar surface area (TPSA) is 55.7 Å². The molecule has 0 radical (unpaired) electrons. The van der Waals surface area contributed by atoms with Gasteiger partial charge in [-0.25, -0.2) is 4.98 Å². The van der Waals surface area contributed by atoms with E-state index in [9.17, 15) is 0 Å². The lowest BCUT2D eigenvalue weighted by atomic mass is 10.2. The molecule has 6 heteroatoms. The van der Waals surface area contributed by atoms with Crippen LogP contribution in [0.5, 0.6) is 11.5 Å². The van der Waals surface area contributed by atoms with Gasteiger partial charge in [0.1, 0.15) is 18.1 Å². The number of terminal acetylenes is 1. The van der Waals surface area contributed by atoms with Gasteiger partial charge in [-0.3, -0.25) is 5.43 Å². The van der Waals surface area contributed by atoms with Crippen molar-refractivity contribution in [1.29, 1.82) is 0 Å². The van der Waals surface area contributed by atoms with E-state index in [4.69, 9.17) is 15.9 Å². The molecule has 0 spiro atoms. The van der Waals surface area contributed by atoms with Crippen molar-refractivity contribution < 1.29 is 9.47 Å². The summed E-state index contributed by atoms with van der Waals surface area (Å²) < 4.78 is 11.8. The largest absolute Gasteiger partial charge is 0.497 e. The number of hydrogen-bond donors (Lipinski definition) is 1. The first-order chi connectivity index (χ1) is 11.8. The number of hydrazone groups is 1. The van der Waals surface area contributed by atoms with Gasteiger partial charge in [-0.15, -0.1) is 6.42 Å². The molecule has 24 heavy (non-hydrogen) atoms. The number of anilines is 1. The zero-order valence-corrected chi connectivity index (χ0v) is 13.8. The number of hydrogen-bond acceptors (Lipinski definition) is 6. The molecular formula is C18H15N3O2S. The van der Waals surface area contributed by atoms with Crippen LogP contribution in [-0.2, 0) is 0 Å². The number of benzene rings is 2. The van der Waals surface area contributed by atoms with Gasteiger partial charge in [-0.05, 0) is 30.3 Å². The first-order valence-corrected chi connectivity index (χ1v) is 8.01. The summed E-state index contributed by atoms with van der Waals surface area (Å²) in [7, 11) is 1.61. The quantitative estimate of drug-likeness (QED) is 0.423. The van der Waals surface area contributed by atoms with E-state index < -0.39 is 0 Å². The van der Waals surface area contributed by atoms with Crippen LogP contribution in [0.3, 0.4) is 0 Å². The van der Waals surface area contributed by atoms with Gasteiger partial charge < -0.3 is 9.47 Å². The molecule has 3 rings (SSSR count). The summed E-state index contributed by atoms with van der Waals surface area (Å²) in [5.41, 5.74) is 4.65. The number of thiazole rings is 1. The fraction of sp³-hybridized carbons (Fsp3) is 0.111. The Kier molecular flexibility index (Phi) is 4.94. The molecule has 0 aliphatic rings. The number of ether oxygens (including phenoxy) is 2. The van der Waals surface area contributed by atoms with E-state index in [0.717, 1.165) is 20.9 Å². The van der Waals surface area contributed by atoms with Crippen LogP contribution < -0.4 is 14.9 Å². The summed E-state index contributed by atoms with van der Waals surface area (Å²) in [5.74, 6) is 3.80. The molecule has 5 nitrogen and oxygen atoms in total. The second-order valence-electron chi connectivity index (χ2n) is 4.75. The third-order valence-corrected chi connectivity index (χ3v) is 4.13. The van der Waals surface area contributed by atoms with E-state index >= 15 is 0 Å². The van der Waals surface area contributed by atoms with Gasteiger partial charge in [0.15, 0.2) is 0 Å². The van der Waals surface area contributed by atoms with E-state index in [1.165, 1.54) is 11.3 Å². The van der Waals surface area contributed by atoms with Crippen molar-refractivity contribution in [3.8, 4) is 23.8 Å². The van der Waals surface area contributed by atoms with E-state index in [1.807, 2.05) is 36.4 Å². The summed E-state index contributed by atoms with van der Waals surface area (Å²) in [5, 5.41) is 4.96. The number of nitrogens with zero attached hydrogens (tertiary/aromatic N) is 2. The molecular weight excluding hydrogens is 322 g/mol. The van der Waals surface area contributed by atoms with Gasteiger partial charge in [0, 0.05) is 5.56 Å². The Hall–Kier alpha value is -3.04. The third-order valence-electron chi connectivity index (χ3n) is 3.19. The zero-order valence-electron chi connectivity index (χ0n) is 13.0. The molecule has 0 bridgehead atoms. The van der Waals surface area contributed by atoms with Crippen molar-refractivity contribution in [2.45, 2.75) is 0 Å². The Labute approximate surface area is 143 Å². The van der Waals surface area contributed by atoms with Crippen molar-refractivity contribution in [3.63, 3.8) is 0 Å². The SMILES string of the molecule is C#CCOc1ccc(OC)cc1/C=N\Nc1nc2ccccc2s1. The van der Waals surface area contributed by atoms with Crippen molar-refractivity contribution >= 4 is 32.9 Å². The molecule has 0 aliphatic carbocycles. The molecule has 0 aliphatic heterocycles. The predicted molar refractivity (Wildman–Crippen MR) is 98.2 cm³/mol. The molecule has 0 saturated heterocycles. The van der Waals surface area contributed by atoms with Gasteiger partial charge in [0.2, 0.25) is 5.13 Å². The van der Waals surface area contributed by atoms with E-state index in [-0.39, 0.29) is 6.61 Å². The maximum atomic E-state index is 5.51. The average Bonchev–Trinajstić information content (AvgIpc) is 3.03. The smallest absolute Gasteiger partial charge is 0.204 e. The highest BCUT2D eigenvalue weighted by molar-refractivity contribution is 7.22. The fourth-order valence-corrected chi connectivity index (χ4v) is 2.90. The number of para-hydroxylation sites is 1. The van der Waals surface area contributed by atoms with Gasteiger partial charge in [-0.2, -0.15) is 5.10 Å². The van der Waals surface area contributed by atoms with Crippen molar-refractivity contribution in [3.05, 3.63) is 48.0 Å². The Morgan fingerprint density at radius 3 is 3.00 bits per heavy atom. The lowest BCUT2D eigenvalue weighted by Gasteiger charge is -2.08. The molecule has 1 heterocycles. The van der Waals surface area contributed by atoms with Crippen molar-refractivity contribution in [2.75, 3.05) is 19.1 Å². The van der Waals surface area contributed by atoms with Crippen LogP contribution in [-0.4, -0.2) is 24.9 Å². The summed E-state index contributed by atoms with van der Waals surface area (Å²) in [4.78, 5) is 4.46. The van der Waals surface area contributed by atoms with Gasteiger partial charge in [0.05, 0.1) is 23.5 Å². The lowest BCUT2D eigenvalue weighted by molar-refractivity contribution is 0.367. The molecule has 0 fully saturated rings. The third kappa shape index (κ3) is 3.65. The van der Waals surface area contributed by atoms with Crippen LogP contribution in [0.4, 0.5) is 5.13 Å². The molecule has 0 amide bonds. The first-order valence-electron chi connectivity index (χ1n) is 7.19. The summed E-state index contributed by atoms with van der Waals surface area (Å²) in [6, 6.07) is 13.4. The van der Waals surface area contributed by atoms with E-state index in [1.54, 1.807) is 19.4 Å². The molecule has 3 aromatic rings. The number of rotatable bonds is 6. The number of fused-ring (bicyclic) bond motifs is 1. The Morgan fingerprint density at radius 2 is 2.21 bits per heavy atom. The summed E-state index contributed by atoms with van der Waals surface area (Å²) >= 11 is 1.54. The molecule has 1 aromatic heterocycles. The lowest BCUT2D eigenvalue weighted by Crippen LogP contribution is -1.99. The number of aromatic nitrogens is 1. The van der Waals surface area contributed by atoms with Crippen LogP contribution in [0, 0.1) is 12.3 Å². The van der Waals surface area contributed by atoms with Crippen LogP contribution in [0.2, 0.25) is 0 Å². The monoisotopic (exact) mass is 337 g/mol. The number of methoxy groups -OCH3 is 1. The van der Waals surface area contributed by atoms with Gasteiger partial charge in [-0.1, -0.05) is 29.4 Å². The maximum absolute atomic E-state index is 5.51. The molecule has 0 saturated carbocycles. The van der Waals surface area contributed by atoms with Crippen LogP contribution >= 0.6 is 11.3 Å². The minimum atomic E-state index is 0.193. The molecule has 0 unspecified atom stereocenters. The predicted octanol–water partition coefficient (Wildman–Crippen LogP) is 3.76. The standard InChI is InChI=1S/C18H15N3O2S/c1-3-10-23-16-9-8-14(22-2)11-13(16)12-19-21-18-20-15-6-4-5-7-17(15)24-18/h1,4-9,11-12H,10H2,2H3,(H,20,21)/b19-12-. The van der Waals surface area contributed by atoms with Crippen LogP contribution in [0.15, 0.2) is 47.6 Å². The van der Waals surface area contributed by atoms with E-state index in [2.05, 4.69) is 21.4 Å². The minimum Gasteiger partial charge on any atom is -0.497 e. The Morgan fingerprint density at radius 1 is 1.33 bits per heavy atom. The van der Waals surface area contributed by atoms with E-state index in [0.29, 0.717) is 11.5 Å². The van der Waals surface area contributed by atoms with Crippen molar-refractivity contribution in [1.82, 2.24) is 4.98 Å². The van der Waals surface area contributed by atoms with Gasteiger partial charge in [0.25, 0.3) is 0 Å². The maximum Gasteiger partial charge on any atom is 0.204 e. The highest BCUT2D eigenvalue weighted by Crippen LogP contribution is 2.26. The summed E-state index contributed by atoms with van der Waals surface area (Å²) in [6.45, 7) is 0.193. The van der Waals surface area contributed by atoms with Crippen LogP contribution in [0.1, 0.15) is 5.56 Å². The Bertz CT molecular complexity index is 879. The average molecular weight is 337 g/mol.